The van der Waals surface area contributed by atoms with Crippen LogP contribution in [0.25, 0.3) is 0 Å². The molecule has 0 aliphatic carbocycles. The van der Waals surface area contributed by atoms with Gasteiger partial charge in [0.15, 0.2) is 0 Å². The Bertz CT molecular complexity index is 702. The summed E-state index contributed by atoms with van der Waals surface area (Å²) in [7, 11) is 2.06. The number of hydrogen-bond acceptors (Lipinski definition) is 6. The third-order valence-electron chi connectivity index (χ3n) is 4.23. The monoisotopic (exact) mass is 432 g/mol. The molecule has 6 nitrogen and oxygen atoms in total. The van der Waals surface area contributed by atoms with E-state index < -0.39 is 6.10 Å². The molecule has 0 saturated carbocycles. The molecular weight excluding hydrogens is 407 g/mol. The molecule has 0 radical (unpaired) electrons. The largest absolute Gasteiger partial charge is 0.364 e. The molecule has 3 N–H and O–H groups in total. The summed E-state index contributed by atoms with van der Waals surface area (Å²) in [5.41, 5.74) is 10.5. The number of nitrogens with zero attached hydrogens (tertiary/aromatic N) is 2. The van der Waals surface area contributed by atoms with Crippen LogP contribution < -0.4 is 11.1 Å². The van der Waals surface area contributed by atoms with Gasteiger partial charge >= 0.3 is 0 Å². The number of thiazole rings is 1. The molecule has 3 rings (SSSR count). The molecule has 0 bridgehead atoms. The lowest BCUT2D eigenvalue weighted by Gasteiger charge is -2.17. The van der Waals surface area contributed by atoms with Crippen LogP contribution in [-0.2, 0) is 22.6 Å². The number of hydrogen-bond donors (Lipinski definition) is 2. The highest BCUT2D eigenvalue weighted by Crippen LogP contribution is 2.21. The first-order valence-electron chi connectivity index (χ1n) is 8.45. The fraction of sp³-hybridized carbons (Fsp3) is 0.444. The van der Waals surface area contributed by atoms with Gasteiger partial charge in [0, 0.05) is 30.7 Å². The van der Waals surface area contributed by atoms with Crippen LogP contribution in [-0.4, -0.2) is 41.6 Å². The summed E-state index contributed by atoms with van der Waals surface area (Å²) in [6.45, 7) is 2.05. The van der Waals surface area contributed by atoms with Crippen molar-refractivity contribution in [1.29, 1.82) is 0 Å². The summed E-state index contributed by atoms with van der Waals surface area (Å²) in [6, 6.07) is 7.92. The normalized spacial score (nSPS) is 18.6. The molecule has 1 aliphatic heterocycles. The van der Waals surface area contributed by atoms with Crippen LogP contribution in [0.4, 0.5) is 5.69 Å². The summed E-state index contributed by atoms with van der Waals surface area (Å²) in [4.78, 5) is 18.8. The van der Waals surface area contributed by atoms with E-state index in [2.05, 4.69) is 33.7 Å². The van der Waals surface area contributed by atoms with Crippen molar-refractivity contribution in [2.45, 2.75) is 38.1 Å². The Morgan fingerprint density at radius 1 is 1.37 bits per heavy atom. The molecule has 2 aromatic rings. The number of rotatable bonds is 7. The van der Waals surface area contributed by atoms with Crippen LogP contribution in [0.5, 0.6) is 0 Å². The van der Waals surface area contributed by atoms with E-state index in [1.165, 1.54) is 0 Å². The first-order chi connectivity index (χ1) is 12.1. The fourth-order valence-corrected chi connectivity index (χ4v) is 3.55. The summed E-state index contributed by atoms with van der Waals surface area (Å²) < 4.78 is 5.65. The lowest BCUT2D eigenvalue weighted by atomic mass is 10.1. The van der Waals surface area contributed by atoms with Gasteiger partial charge in [0.05, 0.1) is 17.3 Å². The van der Waals surface area contributed by atoms with E-state index in [0.29, 0.717) is 6.54 Å². The molecule has 0 unspecified atom stereocenters. The maximum atomic E-state index is 12.3. The van der Waals surface area contributed by atoms with Crippen LogP contribution in [0.15, 0.2) is 35.2 Å². The van der Waals surface area contributed by atoms with Gasteiger partial charge in [0.2, 0.25) is 0 Å². The van der Waals surface area contributed by atoms with Crippen molar-refractivity contribution in [1.82, 2.24) is 9.88 Å². The maximum absolute atomic E-state index is 12.3. The van der Waals surface area contributed by atoms with E-state index in [1.54, 1.807) is 11.3 Å². The number of nitrogens with one attached hydrogen (secondary N) is 1. The zero-order valence-corrected chi connectivity index (χ0v) is 17.6. The second-order valence-electron chi connectivity index (χ2n) is 6.40. The Labute approximate surface area is 176 Å². The molecule has 0 spiro atoms. The van der Waals surface area contributed by atoms with Crippen molar-refractivity contribution in [2.75, 3.05) is 18.9 Å². The molecule has 1 aromatic heterocycles. The number of benzene rings is 1. The third-order valence-corrected chi connectivity index (χ3v) is 4.86. The van der Waals surface area contributed by atoms with Crippen molar-refractivity contribution < 1.29 is 9.53 Å². The van der Waals surface area contributed by atoms with E-state index in [-0.39, 0.29) is 36.8 Å². The lowest BCUT2D eigenvalue weighted by molar-refractivity contribution is -0.126. The number of amides is 1. The molecule has 2 atom stereocenters. The lowest BCUT2D eigenvalue weighted by Crippen LogP contribution is -2.29. The Morgan fingerprint density at radius 3 is 2.85 bits per heavy atom. The molecule has 150 valence electrons. The van der Waals surface area contributed by atoms with Gasteiger partial charge in [-0.15, -0.1) is 36.2 Å². The Hall–Kier alpha value is -1.22. The number of halogens is 2. The summed E-state index contributed by atoms with van der Waals surface area (Å²) in [6.07, 6.45) is 1.17. The van der Waals surface area contributed by atoms with E-state index in [4.69, 9.17) is 10.5 Å². The van der Waals surface area contributed by atoms with E-state index >= 15 is 0 Å². The molecule has 9 heteroatoms. The molecule has 1 saturated heterocycles. The van der Waals surface area contributed by atoms with Crippen molar-refractivity contribution in [3.63, 3.8) is 0 Å². The standard InChI is InChI=1S/C18H24N4O2S.2ClH/c1-22(10-15-11-25-12-20-15)9-13-3-2-4-14(7-13)21-18(23)17-6-5-16(8-19)24-17;;/h2-4,7,11-12,16-17H,5-6,8-10,19H2,1H3,(H,21,23);2*1H/t16-,17+;;/m1../s1. The second-order valence-corrected chi connectivity index (χ2v) is 7.12. The first kappa shape index (κ1) is 23.8. The molecule has 2 heterocycles. The SMILES string of the molecule is CN(Cc1cccc(NC(=O)[C@@H]2CC[C@H](CN)O2)c1)Cc1cscn1.Cl.Cl. The van der Waals surface area contributed by atoms with Gasteiger partial charge in [-0.05, 0) is 37.6 Å². The summed E-state index contributed by atoms with van der Waals surface area (Å²) in [5, 5.41) is 5.01. The van der Waals surface area contributed by atoms with Gasteiger partial charge in [-0.3, -0.25) is 9.69 Å². The smallest absolute Gasteiger partial charge is 0.253 e. The van der Waals surface area contributed by atoms with Crippen LogP contribution in [0.2, 0.25) is 0 Å². The van der Waals surface area contributed by atoms with Crippen LogP contribution in [0.3, 0.4) is 0 Å². The number of carbonyl (C=O) groups is 1. The van der Waals surface area contributed by atoms with Gasteiger partial charge in [-0.1, -0.05) is 12.1 Å². The zero-order chi connectivity index (χ0) is 17.6. The van der Waals surface area contributed by atoms with Gasteiger partial charge in [0.25, 0.3) is 5.91 Å². The number of carbonyl (C=O) groups excluding carboxylic acids is 1. The molecule has 27 heavy (non-hydrogen) atoms. The molecule has 1 aromatic carbocycles. The van der Waals surface area contributed by atoms with E-state index in [9.17, 15) is 4.79 Å². The highest BCUT2D eigenvalue weighted by molar-refractivity contribution is 7.07. The van der Waals surface area contributed by atoms with Crippen molar-refractivity contribution in [3.05, 3.63) is 46.4 Å². The average Bonchev–Trinajstić information content (AvgIpc) is 3.26. The van der Waals surface area contributed by atoms with E-state index in [1.807, 2.05) is 23.7 Å². The van der Waals surface area contributed by atoms with Crippen LogP contribution in [0, 0.1) is 0 Å². The fourth-order valence-electron chi connectivity index (χ4n) is 3.00. The van der Waals surface area contributed by atoms with Crippen LogP contribution >= 0.6 is 36.2 Å². The van der Waals surface area contributed by atoms with Crippen molar-refractivity contribution in [2.24, 2.45) is 5.73 Å². The number of nitrogens with two attached hydrogens (primary N) is 1. The maximum Gasteiger partial charge on any atom is 0.253 e. The minimum absolute atomic E-state index is 0. The Balaban J connectivity index is 0.00000182. The predicted molar refractivity (Wildman–Crippen MR) is 114 cm³/mol. The minimum atomic E-state index is -0.399. The molecule has 1 amide bonds. The van der Waals surface area contributed by atoms with E-state index in [0.717, 1.165) is 42.9 Å². The third kappa shape index (κ3) is 7.03. The summed E-state index contributed by atoms with van der Waals surface area (Å²) in [5.74, 6) is -0.0936. The average molecular weight is 433 g/mol. The predicted octanol–water partition coefficient (Wildman–Crippen LogP) is 3.06. The van der Waals surface area contributed by atoms with Crippen LogP contribution in [0.1, 0.15) is 24.1 Å². The van der Waals surface area contributed by atoms with Crippen molar-refractivity contribution in [3.8, 4) is 0 Å². The number of anilines is 1. The van der Waals surface area contributed by atoms with Gasteiger partial charge < -0.3 is 15.8 Å². The zero-order valence-electron chi connectivity index (χ0n) is 15.2. The van der Waals surface area contributed by atoms with Gasteiger partial charge in [0.1, 0.15) is 6.10 Å². The topological polar surface area (TPSA) is 80.5 Å². The number of aromatic nitrogens is 1. The Morgan fingerprint density at radius 2 is 2.19 bits per heavy atom. The molecule has 1 aliphatic rings. The van der Waals surface area contributed by atoms with Gasteiger partial charge in [-0.25, -0.2) is 4.98 Å². The Kier molecular flexibility index (Phi) is 10.2. The van der Waals surface area contributed by atoms with Crippen molar-refractivity contribution >= 4 is 47.7 Å². The number of ether oxygens (including phenoxy) is 1. The molecule has 1 fully saturated rings. The molecular formula is C18H26Cl2N4O2S. The second kappa shape index (κ2) is 11.6. The van der Waals surface area contributed by atoms with Gasteiger partial charge in [-0.2, -0.15) is 0 Å². The quantitative estimate of drug-likeness (QED) is 0.702. The highest BCUT2D eigenvalue weighted by atomic mass is 35.5. The first-order valence-corrected chi connectivity index (χ1v) is 9.39. The highest BCUT2D eigenvalue weighted by Gasteiger charge is 2.29. The summed E-state index contributed by atoms with van der Waals surface area (Å²) >= 11 is 1.61. The minimum Gasteiger partial charge on any atom is -0.364 e.